The van der Waals surface area contributed by atoms with Crippen molar-refractivity contribution in [2.24, 2.45) is 0 Å². The first-order chi connectivity index (χ1) is 16.7. The molecule has 0 saturated heterocycles. The van der Waals surface area contributed by atoms with Gasteiger partial charge >= 0.3 is 0 Å². The summed E-state index contributed by atoms with van der Waals surface area (Å²) < 4.78 is 33.6. The molecule has 0 bridgehead atoms. The minimum atomic E-state index is -3.61. The Kier molecular flexibility index (Phi) is 7.39. The minimum Gasteiger partial charge on any atom is -0.467 e. The molecular formula is C26H29N3O4S2. The summed E-state index contributed by atoms with van der Waals surface area (Å²) in [7, 11) is -2.03. The fourth-order valence-corrected chi connectivity index (χ4v) is 6.21. The normalized spacial score (nSPS) is 11.9. The molecule has 0 aliphatic carbocycles. The maximum atomic E-state index is 13.6. The van der Waals surface area contributed by atoms with Gasteiger partial charge in [-0.05, 0) is 73.9 Å². The molecule has 2 aromatic heterocycles. The number of nitrogens with zero attached hydrogens (tertiary/aromatic N) is 3. The number of benzene rings is 2. The summed E-state index contributed by atoms with van der Waals surface area (Å²) >= 11 is 1.45. The van der Waals surface area contributed by atoms with Gasteiger partial charge in [0, 0.05) is 19.2 Å². The summed E-state index contributed by atoms with van der Waals surface area (Å²) in [6.07, 6.45) is 3.26. The van der Waals surface area contributed by atoms with Crippen LogP contribution in [0, 0.1) is 13.8 Å². The number of aryl methyl sites for hydroxylation is 2. The van der Waals surface area contributed by atoms with Gasteiger partial charge < -0.3 is 4.42 Å². The highest BCUT2D eigenvalue weighted by Crippen LogP contribution is 2.33. The lowest BCUT2D eigenvalue weighted by Crippen LogP contribution is -2.30. The second-order valence-corrected chi connectivity index (χ2v) is 11.7. The lowest BCUT2D eigenvalue weighted by Gasteiger charge is -2.20. The van der Waals surface area contributed by atoms with E-state index in [4.69, 9.17) is 9.40 Å². The van der Waals surface area contributed by atoms with E-state index in [2.05, 4.69) is 12.1 Å². The molecule has 0 fully saturated rings. The number of thiazole rings is 1. The lowest BCUT2D eigenvalue weighted by molar-refractivity contribution is 0.0983. The number of fused-ring (bicyclic) bond motifs is 1. The molecule has 2 aromatic carbocycles. The number of carbonyl (C=O) groups excluding carboxylic acids is 1. The van der Waals surface area contributed by atoms with Crippen LogP contribution < -0.4 is 4.90 Å². The first kappa shape index (κ1) is 25.1. The summed E-state index contributed by atoms with van der Waals surface area (Å²) in [5, 5.41) is 0.561. The SMILES string of the molecule is CCCCN(C)S(=O)(=O)c1ccc(C(=O)N(Cc2ccco2)c2nc3c(C)cc(C)cc3s2)cc1. The molecule has 0 aliphatic heterocycles. The van der Waals surface area contributed by atoms with Crippen molar-refractivity contribution in [2.75, 3.05) is 18.5 Å². The smallest absolute Gasteiger partial charge is 0.260 e. The molecule has 4 rings (SSSR count). The molecule has 0 spiro atoms. The predicted molar refractivity (Wildman–Crippen MR) is 139 cm³/mol. The van der Waals surface area contributed by atoms with E-state index in [0.29, 0.717) is 23.0 Å². The monoisotopic (exact) mass is 511 g/mol. The standard InChI is InChI=1S/C26H29N3O4S2/c1-5-6-13-28(4)35(31,32)22-11-9-20(10-12-22)25(30)29(17-21-8-7-14-33-21)26-27-24-19(3)15-18(2)16-23(24)34-26/h7-12,14-16H,5-6,13,17H2,1-4H3. The second kappa shape index (κ2) is 10.3. The zero-order chi connectivity index (χ0) is 25.2. The molecule has 4 aromatic rings. The van der Waals surface area contributed by atoms with Crippen LogP contribution in [0.5, 0.6) is 0 Å². The van der Waals surface area contributed by atoms with Crippen LogP contribution >= 0.6 is 11.3 Å². The number of hydrogen-bond donors (Lipinski definition) is 0. The van der Waals surface area contributed by atoms with Crippen molar-refractivity contribution >= 4 is 42.6 Å². The van der Waals surface area contributed by atoms with Gasteiger partial charge in [-0.25, -0.2) is 17.7 Å². The molecule has 35 heavy (non-hydrogen) atoms. The van der Waals surface area contributed by atoms with Crippen LogP contribution in [0.15, 0.2) is 64.1 Å². The maximum absolute atomic E-state index is 13.6. The molecule has 2 heterocycles. The van der Waals surface area contributed by atoms with Gasteiger partial charge in [0.1, 0.15) is 5.76 Å². The third kappa shape index (κ3) is 5.32. The molecule has 184 valence electrons. The van der Waals surface area contributed by atoms with Crippen molar-refractivity contribution in [3.63, 3.8) is 0 Å². The highest BCUT2D eigenvalue weighted by molar-refractivity contribution is 7.89. The number of sulfonamides is 1. The van der Waals surface area contributed by atoms with Gasteiger partial charge in [0.15, 0.2) is 5.13 Å². The molecule has 0 atom stereocenters. The Labute approximate surface area is 210 Å². The van der Waals surface area contributed by atoms with Gasteiger partial charge in [-0.3, -0.25) is 9.69 Å². The predicted octanol–water partition coefficient (Wildman–Crippen LogP) is 5.77. The van der Waals surface area contributed by atoms with Crippen LogP contribution in [0.1, 0.15) is 47.0 Å². The Balaban J connectivity index is 1.67. The average molecular weight is 512 g/mol. The first-order valence-corrected chi connectivity index (χ1v) is 13.7. The summed E-state index contributed by atoms with van der Waals surface area (Å²) in [4.78, 5) is 20.1. The largest absolute Gasteiger partial charge is 0.467 e. The molecule has 0 unspecified atom stereocenters. The van der Waals surface area contributed by atoms with Crippen LogP contribution in [0.3, 0.4) is 0 Å². The van der Waals surface area contributed by atoms with E-state index in [1.807, 2.05) is 26.8 Å². The Morgan fingerprint density at radius 1 is 1.11 bits per heavy atom. The van der Waals surface area contributed by atoms with Crippen LogP contribution in [0.4, 0.5) is 5.13 Å². The van der Waals surface area contributed by atoms with Gasteiger partial charge in [0.05, 0.1) is 27.9 Å². The quantitative estimate of drug-likeness (QED) is 0.285. The fourth-order valence-electron chi connectivity index (χ4n) is 3.87. The number of anilines is 1. The molecule has 7 nitrogen and oxygen atoms in total. The fraction of sp³-hybridized carbons (Fsp3) is 0.308. The Hall–Kier alpha value is -3.01. The summed E-state index contributed by atoms with van der Waals surface area (Å²) in [5.74, 6) is 0.348. The van der Waals surface area contributed by atoms with E-state index in [9.17, 15) is 13.2 Å². The molecule has 0 aliphatic rings. The molecule has 1 amide bonds. The molecular weight excluding hydrogens is 482 g/mol. The van der Waals surface area contributed by atoms with Crippen molar-refractivity contribution in [3.05, 3.63) is 77.2 Å². The van der Waals surface area contributed by atoms with Crippen molar-refractivity contribution in [1.82, 2.24) is 9.29 Å². The average Bonchev–Trinajstić information content (AvgIpc) is 3.50. The van der Waals surface area contributed by atoms with Crippen molar-refractivity contribution in [3.8, 4) is 0 Å². The summed E-state index contributed by atoms with van der Waals surface area (Å²) in [5.41, 5.74) is 3.42. The van der Waals surface area contributed by atoms with Crippen LogP contribution in [-0.2, 0) is 16.6 Å². The summed E-state index contributed by atoms with van der Waals surface area (Å²) in [6, 6.07) is 13.8. The number of rotatable bonds is 9. The van der Waals surface area contributed by atoms with E-state index in [-0.39, 0.29) is 17.3 Å². The number of unbranched alkanes of at least 4 members (excludes halogenated alkanes) is 1. The number of carbonyl (C=O) groups is 1. The molecule has 0 N–H and O–H groups in total. The van der Waals surface area contributed by atoms with Crippen molar-refractivity contribution in [1.29, 1.82) is 0 Å². The zero-order valence-electron chi connectivity index (χ0n) is 20.3. The highest BCUT2D eigenvalue weighted by atomic mass is 32.2. The van der Waals surface area contributed by atoms with Gasteiger partial charge in [-0.2, -0.15) is 0 Å². The van der Waals surface area contributed by atoms with E-state index in [1.165, 1.54) is 27.8 Å². The molecule has 0 saturated carbocycles. The van der Waals surface area contributed by atoms with Gasteiger partial charge in [-0.1, -0.05) is 30.7 Å². The second-order valence-electron chi connectivity index (χ2n) is 8.60. The Morgan fingerprint density at radius 3 is 2.51 bits per heavy atom. The number of hydrogen-bond acceptors (Lipinski definition) is 6. The molecule has 9 heteroatoms. The van der Waals surface area contributed by atoms with E-state index < -0.39 is 10.0 Å². The highest BCUT2D eigenvalue weighted by Gasteiger charge is 2.25. The number of aromatic nitrogens is 1. The minimum absolute atomic E-state index is 0.163. The lowest BCUT2D eigenvalue weighted by atomic mass is 10.1. The number of amides is 1. The molecule has 0 radical (unpaired) electrons. The van der Waals surface area contributed by atoms with Crippen LogP contribution in [0.2, 0.25) is 0 Å². The third-order valence-corrected chi connectivity index (χ3v) is 8.72. The van der Waals surface area contributed by atoms with Gasteiger partial charge in [0.25, 0.3) is 5.91 Å². The van der Waals surface area contributed by atoms with Crippen LogP contribution in [0.25, 0.3) is 10.2 Å². The van der Waals surface area contributed by atoms with Crippen molar-refractivity contribution in [2.45, 2.75) is 45.1 Å². The Bertz CT molecular complexity index is 1430. The first-order valence-electron chi connectivity index (χ1n) is 11.5. The third-order valence-electron chi connectivity index (χ3n) is 5.82. The zero-order valence-corrected chi connectivity index (χ0v) is 21.9. The maximum Gasteiger partial charge on any atom is 0.260 e. The van der Waals surface area contributed by atoms with Crippen LogP contribution in [-0.4, -0.2) is 37.2 Å². The Morgan fingerprint density at radius 2 is 1.86 bits per heavy atom. The van der Waals surface area contributed by atoms with E-state index in [1.54, 1.807) is 36.4 Å². The topological polar surface area (TPSA) is 83.7 Å². The summed E-state index contributed by atoms with van der Waals surface area (Å²) in [6.45, 7) is 6.72. The van der Waals surface area contributed by atoms with Crippen molar-refractivity contribution < 1.29 is 17.6 Å². The van der Waals surface area contributed by atoms with Gasteiger partial charge in [-0.15, -0.1) is 0 Å². The van der Waals surface area contributed by atoms with E-state index in [0.717, 1.165) is 34.2 Å². The van der Waals surface area contributed by atoms with E-state index >= 15 is 0 Å². The number of furan rings is 1. The van der Waals surface area contributed by atoms with Gasteiger partial charge in [0.2, 0.25) is 10.0 Å².